The maximum atomic E-state index is 12.9. The number of amides is 1. The minimum absolute atomic E-state index is 0.0798. The number of piperazine rings is 1. The molecule has 3 heterocycles. The molecule has 0 aliphatic carbocycles. The van der Waals surface area contributed by atoms with Gasteiger partial charge in [0.05, 0.1) is 17.4 Å². The van der Waals surface area contributed by atoms with Gasteiger partial charge in [-0.05, 0) is 24.6 Å². The SMILES string of the molecule is COCc1nc(OC)c2c(C)c(C(=O)NCCN3CCN(c4ccccc4)CC3)sc2n1. The van der Waals surface area contributed by atoms with E-state index < -0.39 is 0 Å². The molecule has 1 fully saturated rings. The molecule has 1 aliphatic rings. The number of rotatable bonds is 8. The van der Waals surface area contributed by atoms with Crippen molar-refractivity contribution in [3.63, 3.8) is 0 Å². The average Bonchev–Trinajstić information content (AvgIpc) is 3.16. The molecule has 0 saturated carbocycles. The summed E-state index contributed by atoms with van der Waals surface area (Å²) in [4.78, 5) is 28.0. The molecule has 1 aromatic carbocycles. The van der Waals surface area contributed by atoms with Gasteiger partial charge in [-0.3, -0.25) is 9.69 Å². The van der Waals surface area contributed by atoms with Gasteiger partial charge in [0.1, 0.15) is 11.4 Å². The molecule has 0 radical (unpaired) electrons. The average molecular weight is 456 g/mol. The van der Waals surface area contributed by atoms with Crippen LogP contribution < -0.4 is 15.0 Å². The Morgan fingerprint density at radius 2 is 1.88 bits per heavy atom. The molecular formula is C23H29N5O3S. The van der Waals surface area contributed by atoms with Gasteiger partial charge < -0.3 is 19.7 Å². The zero-order valence-electron chi connectivity index (χ0n) is 18.8. The number of hydrogen-bond acceptors (Lipinski definition) is 8. The number of hydrogen-bond donors (Lipinski definition) is 1. The molecule has 1 aliphatic heterocycles. The van der Waals surface area contributed by atoms with Gasteiger partial charge in [0.15, 0.2) is 5.82 Å². The first kappa shape index (κ1) is 22.4. The monoisotopic (exact) mass is 455 g/mol. The Kier molecular flexibility index (Phi) is 7.19. The molecular weight excluding hydrogens is 426 g/mol. The van der Waals surface area contributed by atoms with E-state index in [1.54, 1.807) is 14.2 Å². The highest BCUT2D eigenvalue weighted by Crippen LogP contribution is 2.35. The molecule has 9 heteroatoms. The van der Waals surface area contributed by atoms with Gasteiger partial charge in [-0.15, -0.1) is 11.3 Å². The maximum absolute atomic E-state index is 12.9. The molecule has 32 heavy (non-hydrogen) atoms. The minimum atomic E-state index is -0.0798. The van der Waals surface area contributed by atoms with E-state index in [4.69, 9.17) is 9.47 Å². The van der Waals surface area contributed by atoms with Crippen LogP contribution in [0.4, 0.5) is 5.69 Å². The highest BCUT2D eigenvalue weighted by atomic mass is 32.1. The van der Waals surface area contributed by atoms with Crippen LogP contribution in [-0.2, 0) is 11.3 Å². The largest absolute Gasteiger partial charge is 0.480 e. The summed E-state index contributed by atoms with van der Waals surface area (Å²) in [5.41, 5.74) is 2.12. The zero-order valence-corrected chi connectivity index (χ0v) is 19.6. The summed E-state index contributed by atoms with van der Waals surface area (Å²) in [5.74, 6) is 0.939. The van der Waals surface area contributed by atoms with Crippen LogP contribution in [0.15, 0.2) is 30.3 Å². The quantitative estimate of drug-likeness (QED) is 0.559. The number of anilines is 1. The molecule has 1 amide bonds. The van der Waals surface area contributed by atoms with Crippen LogP contribution in [0.1, 0.15) is 21.1 Å². The predicted octanol–water partition coefficient (Wildman–Crippen LogP) is 2.71. The number of carbonyl (C=O) groups excluding carboxylic acids is 1. The topological polar surface area (TPSA) is 79.8 Å². The van der Waals surface area contributed by atoms with Crippen LogP contribution in [0.25, 0.3) is 10.2 Å². The molecule has 3 aromatic rings. The first-order valence-electron chi connectivity index (χ1n) is 10.7. The lowest BCUT2D eigenvalue weighted by atomic mass is 10.2. The van der Waals surface area contributed by atoms with Crippen molar-refractivity contribution in [2.45, 2.75) is 13.5 Å². The normalized spacial score (nSPS) is 14.7. The Morgan fingerprint density at radius 1 is 1.12 bits per heavy atom. The molecule has 0 atom stereocenters. The minimum Gasteiger partial charge on any atom is -0.480 e. The summed E-state index contributed by atoms with van der Waals surface area (Å²) in [7, 11) is 3.17. The van der Waals surface area contributed by atoms with E-state index >= 15 is 0 Å². The summed E-state index contributed by atoms with van der Waals surface area (Å²) in [6.07, 6.45) is 0. The van der Waals surface area contributed by atoms with Crippen LogP contribution in [0.3, 0.4) is 0 Å². The summed E-state index contributed by atoms with van der Waals surface area (Å²) < 4.78 is 10.6. The lowest BCUT2D eigenvalue weighted by Gasteiger charge is -2.36. The fourth-order valence-corrected chi connectivity index (χ4v) is 5.09. The Morgan fingerprint density at radius 3 is 2.56 bits per heavy atom. The van der Waals surface area contributed by atoms with Gasteiger partial charge in [-0.2, -0.15) is 4.98 Å². The second-order valence-electron chi connectivity index (χ2n) is 7.74. The van der Waals surface area contributed by atoms with Crippen molar-refractivity contribution in [2.75, 3.05) is 58.4 Å². The van der Waals surface area contributed by atoms with Crippen LogP contribution in [0.5, 0.6) is 5.88 Å². The van der Waals surface area contributed by atoms with Crippen molar-refractivity contribution in [3.8, 4) is 5.88 Å². The molecule has 0 unspecified atom stereocenters. The van der Waals surface area contributed by atoms with E-state index in [9.17, 15) is 4.79 Å². The summed E-state index contributed by atoms with van der Waals surface area (Å²) in [5, 5.41) is 3.86. The Bertz CT molecular complexity index is 1060. The zero-order chi connectivity index (χ0) is 22.5. The Labute approximate surface area is 192 Å². The first-order chi connectivity index (χ1) is 15.6. The molecule has 8 nitrogen and oxygen atoms in total. The summed E-state index contributed by atoms with van der Waals surface area (Å²) >= 11 is 1.37. The van der Waals surface area contributed by atoms with Gasteiger partial charge in [0.2, 0.25) is 5.88 Å². The number of aryl methyl sites for hydroxylation is 1. The van der Waals surface area contributed by atoms with Crippen molar-refractivity contribution in [3.05, 3.63) is 46.6 Å². The number of methoxy groups -OCH3 is 2. The van der Waals surface area contributed by atoms with Crippen LogP contribution in [0.2, 0.25) is 0 Å². The molecule has 1 saturated heterocycles. The van der Waals surface area contributed by atoms with E-state index in [1.807, 2.05) is 13.0 Å². The number of thiophene rings is 1. The van der Waals surface area contributed by atoms with E-state index in [0.29, 0.717) is 29.7 Å². The van der Waals surface area contributed by atoms with Crippen molar-refractivity contribution in [1.82, 2.24) is 20.2 Å². The predicted molar refractivity (Wildman–Crippen MR) is 127 cm³/mol. The van der Waals surface area contributed by atoms with Crippen molar-refractivity contribution in [2.24, 2.45) is 0 Å². The first-order valence-corrected chi connectivity index (χ1v) is 11.6. The van der Waals surface area contributed by atoms with Gasteiger partial charge in [0.25, 0.3) is 5.91 Å². The van der Waals surface area contributed by atoms with Crippen molar-refractivity contribution < 1.29 is 14.3 Å². The maximum Gasteiger partial charge on any atom is 0.261 e. The fourth-order valence-electron chi connectivity index (χ4n) is 3.98. The van der Waals surface area contributed by atoms with Gasteiger partial charge in [0, 0.05) is 52.1 Å². The van der Waals surface area contributed by atoms with E-state index in [1.165, 1.54) is 17.0 Å². The summed E-state index contributed by atoms with van der Waals surface area (Å²) in [6, 6.07) is 10.5. The Hall–Kier alpha value is -2.75. The second-order valence-corrected chi connectivity index (χ2v) is 8.74. The van der Waals surface area contributed by atoms with Gasteiger partial charge >= 0.3 is 0 Å². The van der Waals surface area contributed by atoms with Crippen LogP contribution in [0, 0.1) is 6.92 Å². The van der Waals surface area contributed by atoms with E-state index in [-0.39, 0.29) is 5.91 Å². The number of benzene rings is 1. The second kappa shape index (κ2) is 10.2. The van der Waals surface area contributed by atoms with E-state index in [0.717, 1.165) is 48.5 Å². The fraction of sp³-hybridized carbons (Fsp3) is 0.435. The number of nitrogens with zero attached hydrogens (tertiary/aromatic N) is 4. The third-order valence-electron chi connectivity index (χ3n) is 5.68. The molecule has 2 aromatic heterocycles. The van der Waals surface area contributed by atoms with Crippen molar-refractivity contribution >= 4 is 33.1 Å². The van der Waals surface area contributed by atoms with Gasteiger partial charge in [-0.25, -0.2) is 4.98 Å². The number of aromatic nitrogens is 2. The highest BCUT2D eigenvalue weighted by molar-refractivity contribution is 7.20. The van der Waals surface area contributed by atoms with Gasteiger partial charge in [-0.1, -0.05) is 18.2 Å². The third-order valence-corrected chi connectivity index (χ3v) is 6.87. The molecule has 170 valence electrons. The Balaban J connectivity index is 1.34. The number of carbonyl (C=O) groups is 1. The highest BCUT2D eigenvalue weighted by Gasteiger charge is 2.22. The number of fused-ring (bicyclic) bond motifs is 1. The summed E-state index contributed by atoms with van der Waals surface area (Å²) in [6.45, 7) is 7.62. The number of nitrogens with one attached hydrogen (secondary N) is 1. The number of ether oxygens (including phenoxy) is 2. The van der Waals surface area contributed by atoms with Crippen LogP contribution >= 0.6 is 11.3 Å². The smallest absolute Gasteiger partial charge is 0.261 e. The van der Waals surface area contributed by atoms with E-state index in [2.05, 4.69) is 49.4 Å². The lowest BCUT2D eigenvalue weighted by molar-refractivity contribution is 0.0951. The molecule has 0 bridgehead atoms. The number of para-hydroxylation sites is 1. The standard InChI is InChI=1S/C23H29N5O3S/c1-16-19-22(31-3)25-18(15-30-2)26-23(19)32-20(16)21(29)24-9-10-27-11-13-28(14-12-27)17-7-5-4-6-8-17/h4-8H,9-15H2,1-3H3,(H,24,29). The lowest BCUT2D eigenvalue weighted by Crippen LogP contribution is -2.48. The van der Waals surface area contributed by atoms with Crippen molar-refractivity contribution in [1.29, 1.82) is 0 Å². The molecule has 0 spiro atoms. The van der Waals surface area contributed by atoms with Crippen LogP contribution in [-0.4, -0.2) is 74.3 Å². The molecule has 1 N–H and O–H groups in total. The third kappa shape index (κ3) is 4.85. The molecule has 4 rings (SSSR count).